The minimum Gasteiger partial charge on any atom is -0.508 e. The summed E-state index contributed by atoms with van der Waals surface area (Å²) < 4.78 is 0. The number of hydrogen-bond acceptors (Lipinski definition) is 3. The van der Waals surface area contributed by atoms with Crippen molar-refractivity contribution in [3.63, 3.8) is 0 Å². The molecular formula is C17H21ClN2O. The fraction of sp³-hybridized carbons (Fsp3) is 0.294. The van der Waals surface area contributed by atoms with Crippen LogP contribution < -0.4 is 10.2 Å². The molecule has 0 aliphatic rings. The highest BCUT2D eigenvalue weighted by Gasteiger charge is 2.13. The second-order valence-corrected chi connectivity index (χ2v) is 5.92. The molecule has 0 bridgehead atoms. The van der Waals surface area contributed by atoms with Crippen LogP contribution in [0.4, 0.5) is 11.4 Å². The Morgan fingerprint density at radius 1 is 1.14 bits per heavy atom. The first-order valence-corrected chi connectivity index (χ1v) is 7.29. The van der Waals surface area contributed by atoms with Gasteiger partial charge in [-0.25, -0.2) is 0 Å². The second kappa shape index (κ2) is 6.27. The zero-order chi connectivity index (χ0) is 15.6. The van der Waals surface area contributed by atoms with Gasteiger partial charge in [-0.2, -0.15) is 0 Å². The predicted molar refractivity (Wildman–Crippen MR) is 90.7 cm³/mol. The van der Waals surface area contributed by atoms with E-state index in [1.54, 1.807) is 6.07 Å². The summed E-state index contributed by atoms with van der Waals surface area (Å²) in [4.78, 5) is 2.03. The minimum absolute atomic E-state index is 0.0252. The van der Waals surface area contributed by atoms with Gasteiger partial charge in [0.05, 0.1) is 17.4 Å². The quantitative estimate of drug-likeness (QED) is 0.867. The van der Waals surface area contributed by atoms with Gasteiger partial charge < -0.3 is 15.3 Å². The molecule has 0 fully saturated rings. The first-order chi connectivity index (χ1) is 9.88. The van der Waals surface area contributed by atoms with Gasteiger partial charge in [-0.3, -0.25) is 0 Å². The monoisotopic (exact) mass is 304 g/mol. The molecule has 0 aliphatic heterocycles. The Morgan fingerprint density at radius 2 is 1.86 bits per heavy atom. The molecule has 0 saturated carbocycles. The molecule has 0 amide bonds. The lowest BCUT2D eigenvalue weighted by Gasteiger charge is -2.23. The van der Waals surface area contributed by atoms with Gasteiger partial charge in [0.2, 0.25) is 0 Å². The Balaban J connectivity index is 2.31. The minimum atomic E-state index is -0.0252. The van der Waals surface area contributed by atoms with Gasteiger partial charge >= 0.3 is 0 Å². The summed E-state index contributed by atoms with van der Waals surface area (Å²) in [6, 6.07) is 11.4. The number of rotatable bonds is 4. The SMILES string of the molecule is Cc1ccc(C(C)Nc2cc(Cl)ccc2N(C)C)c(O)c1. The van der Waals surface area contributed by atoms with Crippen molar-refractivity contribution in [3.05, 3.63) is 52.5 Å². The van der Waals surface area contributed by atoms with E-state index in [0.29, 0.717) is 10.8 Å². The number of nitrogens with zero attached hydrogens (tertiary/aromatic N) is 1. The maximum Gasteiger partial charge on any atom is 0.121 e. The van der Waals surface area contributed by atoms with Crippen molar-refractivity contribution in [2.24, 2.45) is 0 Å². The maximum atomic E-state index is 10.1. The van der Waals surface area contributed by atoms with Crippen LogP contribution in [0.3, 0.4) is 0 Å². The molecule has 1 unspecified atom stereocenters. The topological polar surface area (TPSA) is 35.5 Å². The smallest absolute Gasteiger partial charge is 0.121 e. The maximum absolute atomic E-state index is 10.1. The lowest BCUT2D eigenvalue weighted by Crippen LogP contribution is -2.14. The van der Waals surface area contributed by atoms with Crippen LogP contribution in [0.25, 0.3) is 0 Å². The lowest BCUT2D eigenvalue weighted by molar-refractivity contribution is 0.465. The van der Waals surface area contributed by atoms with Crippen LogP contribution in [0, 0.1) is 6.92 Å². The van der Waals surface area contributed by atoms with E-state index in [1.807, 2.05) is 63.2 Å². The van der Waals surface area contributed by atoms with Crippen molar-refractivity contribution in [1.29, 1.82) is 0 Å². The van der Waals surface area contributed by atoms with E-state index in [-0.39, 0.29) is 6.04 Å². The van der Waals surface area contributed by atoms with Crippen LogP contribution >= 0.6 is 11.6 Å². The number of hydrogen-bond donors (Lipinski definition) is 2. The summed E-state index contributed by atoms with van der Waals surface area (Å²) in [6.07, 6.45) is 0. The summed E-state index contributed by atoms with van der Waals surface area (Å²) >= 11 is 6.10. The van der Waals surface area contributed by atoms with Gasteiger partial charge in [-0.1, -0.05) is 23.7 Å². The molecule has 21 heavy (non-hydrogen) atoms. The summed E-state index contributed by atoms with van der Waals surface area (Å²) in [7, 11) is 3.98. The van der Waals surface area contributed by atoms with E-state index in [1.165, 1.54) is 0 Å². The second-order valence-electron chi connectivity index (χ2n) is 5.48. The number of aryl methyl sites for hydroxylation is 1. The van der Waals surface area contributed by atoms with E-state index >= 15 is 0 Å². The van der Waals surface area contributed by atoms with Crippen LogP contribution in [-0.4, -0.2) is 19.2 Å². The van der Waals surface area contributed by atoms with E-state index in [4.69, 9.17) is 11.6 Å². The third kappa shape index (κ3) is 3.61. The Labute approximate surface area is 131 Å². The highest BCUT2D eigenvalue weighted by molar-refractivity contribution is 6.31. The molecule has 3 nitrogen and oxygen atoms in total. The van der Waals surface area contributed by atoms with E-state index in [0.717, 1.165) is 22.5 Å². The third-order valence-corrected chi connectivity index (χ3v) is 3.70. The normalized spacial score (nSPS) is 12.0. The number of nitrogens with one attached hydrogen (secondary N) is 1. The zero-order valence-electron chi connectivity index (χ0n) is 12.8. The van der Waals surface area contributed by atoms with E-state index in [2.05, 4.69) is 5.32 Å². The Bertz CT molecular complexity index is 641. The molecule has 0 aromatic heterocycles. The fourth-order valence-electron chi connectivity index (χ4n) is 2.34. The van der Waals surface area contributed by atoms with Crippen molar-refractivity contribution in [3.8, 4) is 5.75 Å². The zero-order valence-corrected chi connectivity index (χ0v) is 13.6. The molecule has 112 valence electrons. The number of phenols is 1. The Morgan fingerprint density at radius 3 is 2.48 bits per heavy atom. The molecule has 2 aromatic carbocycles. The van der Waals surface area contributed by atoms with Crippen molar-refractivity contribution in [2.45, 2.75) is 19.9 Å². The molecule has 0 heterocycles. The fourth-order valence-corrected chi connectivity index (χ4v) is 2.52. The molecule has 4 heteroatoms. The van der Waals surface area contributed by atoms with Crippen molar-refractivity contribution >= 4 is 23.0 Å². The van der Waals surface area contributed by atoms with Crippen molar-refractivity contribution in [1.82, 2.24) is 0 Å². The largest absolute Gasteiger partial charge is 0.508 e. The predicted octanol–water partition coefficient (Wildman–Crippen LogP) is 4.59. The van der Waals surface area contributed by atoms with Crippen LogP contribution in [0.1, 0.15) is 24.1 Å². The molecule has 0 saturated heterocycles. The number of anilines is 2. The molecule has 0 radical (unpaired) electrons. The van der Waals surface area contributed by atoms with Gasteiger partial charge in [0.25, 0.3) is 0 Å². The molecule has 2 rings (SSSR count). The van der Waals surface area contributed by atoms with Gasteiger partial charge in [-0.05, 0) is 43.7 Å². The molecule has 2 aromatic rings. The average molecular weight is 305 g/mol. The Hall–Kier alpha value is -1.87. The number of benzene rings is 2. The van der Waals surface area contributed by atoms with Gasteiger partial charge in [0.15, 0.2) is 0 Å². The van der Waals surface area contributed by atoms with Gasteiger partial charge in [-0.15, -0.1) is 0 Å². The highest BCUT2D eigenvalue weighted by Crippen LogP contribution is 2.33. The van der Waals surface area contributed by atoms with Gasteiger partial charge in [0.1, 0.15) is 5.75 Å². The number of halogens is 1. The van der Waals surface area contributed by atoms with Crippen molar-refractivity contribution in [2.75, 3.05) is 24.3 Å². The van der Waals surface area contributed by atoms with Gasteiger partial charge in [0, 0.05) is 24.7 Å². The van der Waals surface area contributed by atoms with E-state index in [9.17, 15) is 5.11 Å². The van der Waals surface area contributed by atoms with Crippen LogP contribution in [0.2, 0.25) is 5.02 Å². The van der Waals surface area contributed by atoms with Crippen LogP contribution in [0.15, 0.2) is 36.4 Å². The lowest BCUT2D eigenvalue weighted by atomic mass is 10.0. The van der Waals surface area contributed by atoms with Crippen LogP contribution in [0.5, 0.6) is 5.75 Å². The number of phenolic OH excluding ortho intramolecular Hbond substituents is 1. The highest BCUT2D eigenvalue weighted by atomic mass is 35.5. The third-order valence-electron chi connectivity index (χ3n) is 3.46. The summed E-state index contributed by atoms with van der Waals surface area (Å²) in [5, 5.41) is 14.2. The first-order valence-electron chi connectivity index (χ1n) is 6.91. The summed E-state index contributed by atoms with van der Waals surface area (Å²) in [5.41, 5.74) is 3.91. The standard InChI is InChI=1S/C17H21ClN2O/c1-11-5-7-14(17(21)9-11)12(2)19-15-10-13(18)6-8-16(15)20(3)4/h5-10,12,19,21H,1-4H3. The van der Waals surface area contributed by atoms with Crippen molar-refractivity contribution < 1.29 is 5.11 Å². The Kier molecular flexibility index (Phi) is 4.63. The molecule has 0 spiro atoms. The van der Waals surface area contributed by atoms with Crippen LogP contribution in [-0.2, 0) is 0 Å². The summed E-state index contributed by atoms with van der Waals surface area (Å²) in [5.74, 6) is 0.309. The van der Waals surface area contributed by atoms with E-state index < -0.39 is 0 Å². The number of aromatic hydroxyl groups is 1. The summed E-state index contributed by atoms with van der Waals surface area (Å²) in [6.45, 7) is 3.98. The average Bonchev–Trinajstić information content (AvgIpc) is 2.37. The molecule has 0 aliphatic carbocycles. The first kappa shape index (κ1) is 15.5. The molecular weight excluding hydrogens is 284 g/mol. The molecule has 2 N–H and O–H groups in total. The molecule has 1 atom stereocenters.